The third-order valence-corrected chi connectivity index (χ3v) is 8.69. The molecule has 0 bridgehead atoms. The lowest BCUT2D eigenvalue weighted by Crippen LogP contribution is -2.44. The second-order valence-electron chi connectivity index (χ2n) is 9.72. The van der Waals surface area contributed by atoms with Crippen molar-refractivity contribution >= 4 is 39.1 Å². The largest absolute Gasteiger partial charge is 0.497 e. The molecule has 5 rings (SSSR count). The van der Waals surface area contributed by atoms with Crippen LogP contribution < -0.4 is 10.2 Å². The minimum absolute atomic E-state index is 0.00707. The average Bonchev–Trinajstić information content (AvgIpc) is 3.03. The number of carbonyl (C=O) groups is 1. The Bertz CT molecular complexity index is 1250. The van der Waals surface area contributed by atoms with E-state index in [1.165, 1.54) is 17.6 Å². The van der Waals surface area contributed by atoms with Crippen molar-refractivity contribution in [1.29, 1.82) is 0 Å². The molecule has 1 unspecified atom stereocenters. The molecule has 3 aliphatic rings. The van der Waals surface area contributed by atoms with E-state index >= 15 is 0 Å². The number of piperidine rings is 1. The summed E-state index contributed by atoms with van der Waals surface area (Å²) in [5, 5.41) is 4.38. The van der Waals surface area contributed by atoms with Crippen molar-refractivity contribution in [3.63, 3.8) is 0 Å². The van der Waals surface area contributed by atoms with Gasteiger partial charge in [-0.15, -0.1) is 0 Å². The molecule has 0 saturated carbocycles. The zero-order chi connectivity index (χ0) is 24.4. The predicted octanol–water partition coefficient (Wildman–Crippen LogP) is 4.88. The van der Waals surface area contributed by atoms with Crippen LogP contribution in [0.5, 0.6) is 0 Å². The van der Waals surface area contributed by atoms with E-state index in [4.69, 9.17) is 16.3 Å². The monoisotopic (exact) mass is 513 g/mol. The third kappa shape index (κ3) is 5.57. The van der Waals surface area contributed by atoms with Gasteiger partial charge in [-0.25, -0.2) is 0 Å². The molecule has 2 aliphatic carbocycles. The number of fused-ring (bicyclic) bond motifs is 1. The van der Waals surface area contributed by atoms with Gasteiger partial charge in [-0.3, -0.25) is 14.2 Å². The summed E-state index contributed by atoms with van der Waals surface area (Å²) in [6.45, 7) is 2.55. The van der Waals surface area contributed by atoms with Gasteiger partial charge in [0.15, 0.2) is 0 Å². The molecular weight excluding hydrogens is 482 g/mol. The Balaban J connectivity index is 1.11. The first kappa shape index (κ1) is 24.3. The SMILES string of the molecule is COC1=CC2=C(CC=C1)CCC(NCC1CCN(C(=O)Cn3c(=O)sc4ccc(Cl)cc43)CC1)C2. The van der Waals surface area contributed by atoms with Gasteiger partial charge in [-0.2, -0.15) is 0 Å². The molecule has 0 spiro atoms. The lowest BCUT2D eigenvalue weighted by atomic mass is 9.86. The third-order valence-electron chi connectivity index (χ3n) is 7.50. The zero-order valence-corrected chi connectivity index (χ0v) is 21.7. The van der Waals surface area contributed by atoms with Crippen molar-refractivity contribution in [3.8, 4) is 0 Å². The quantitative estimate of drug-likeness (QED) is 0.597. The van der Waals surface area contributed by atoms with Crippen molar-refractivity contribution in [1.82, 2.24) is 14.8 Å². The number of carbonyl (C=O) groups excluding carboxylic acids is 1. The maximum Gasteiger partial charge on any atom is 0.308 e. The normalized spacial score (nSPS) is 21.1. The van der Waals surface area contributed by atoms with Crippen LogP contribution in [0.2, 0.25) is 5.02 Å². The van der Waals surface area contributed by atoms with Gasteiger partial charge in [0.2, 0.25) is 5.91 Å². The Morgan fingerprint density at radius 1 is 1.26 bits per heavy atom. The summed E-state index contributed by atoms with van der Waals surface area (Å²) in [5.41, 5.74) is 3.70. The number of amides is 1. The van der Waals surface area contributed by atoms with Crippen molar-refractivity contribution in [2.75, 3.05) is 26.7 Å². The van der Waals surface area contributed by atoms with Crippen LogP contribution in [0.3, 0.4) is 0 Å². The van der Waals surface area contributed by atoms with Crippen LogP contribution in [-0.4, -0.2) is 48.2 Å². The summed E-state index contributed by atoms with van der Waals surface area (Å²) >= 11 is 7.27. The number of halogens is 1. The van der Waals surface area contributed by atoms with Crippen molar-refractivity contribution in [2.24, 2.45) is 5.92 Å². The van der Waals surface area contributed by atoms with Gasteiger partial charge in [-0.05, 0) is 86.9 Å². The molecule has 1 atom stereocenters. The Kier molecular flexibility index (Phi) is 7.46. The van der Waals surface area contributed by atoms with Gasteiger partial charge < -0.3 is 15.0 Å². The molecule has 1 saturated heterocycles. The minimum atomic E-state index is -0.114. The number of benzene rings is 1. The Hall–Kier alpha value is -2.35. The molecular formula is C27H32ClN3O3S. The number of allylic oxidation sites excluding steroid dienone is 4. The second-order valence-corrected chi connectivity index (χ2v) is 11.2. The second kappa shape index (κ2) is 10.7. The van der Waals surface area contributed by atoms with E-state index in [0.717, 1.165) is 79.1 Å². The lowest BCUT2D eigenvalue weighted by molar-refractivity contribution is -0.133. The average molecular weight is 514 g/mol. The van der Waals surface area contributed by atoms with Crippen LogP contribution in [0, 0.1) is 5.92 Å². The van der Waals surface area contributed by atoms with E-state index in [9.17, 15) is 9.59 Å². The number of hydrogen-bond donors (Lipinski definition) is 1. The molecule has 1 fully saturated rings. The molecule has 0 radical (unpaired) electrons. The standard InChI is InChI=1S/C27H32ClN3O3S/c1-34-23-4-2-3-19-5-7-22(13-20(19)14-23)29-16-18-9-11-30(12-10-18)26(32)17-31-24-15-21(28)6-8-25(24)35-27(31)33/h2,4,6,8,14-15,18,22,29H,3,5,7,9-13,16-17H2,1H3. The highest BCUT2D eigenvalue weighted by molar-refractivity contribution is 7.16. The Labute approximate surface area is 214 Å². The summed E-state index contributed by atoms with van der Waals surface area (Å²) in [7, 11) is 1.73. The number of ether oxygens (including phenoxy) is 1. The topological polar surface area (TPSA) is 63.6 Å². The first-order chi connectivity index (χ1) is 17.0. The van der Waals surface area contributed by atoms with E-state index in [2.05, 4.69) is 23.5 Å². The zero-order valence-electron chi connectivity index (χ0n) is 20.1. The van der Waals surface area contributed by atoms with Gasteiger partial charge in [0.05, 0.1) is 17.3 Å². The maximum atomic E-state index is 13.0. The molecule has 2 aromatic rings. The fourth-order valence-corrected chi connectivity index (χ4v) is 6.43. The van der Waals surface area contributed by atoms with Crippen LogP contribution in [0.25, 0.3) is 10.2 Å². The summed E-state index contributed by atoms with van der Waals surface area (Å²) in [6.07, 6.45) is 12.8. The van der Waals surface area contributed by atoms with E-state index in [1.54, 1.807) is 23.8 Å². The summed E-state index contributed by atoms with van der Waals surface area (Å²) in [6, 6.07) is 5.87. The molecule has 6 nitrogen and oxygen atoms in total. The first-order valence-corrected chi connectivity index (χ1v) is 13.6. The molecule has 1 N–H and O–H groups in total. The minimum Gasteiger partial charge on any atom is -0.497 e. The Morgan fingerprint density at radius 2 is 2.09 bits per heavy atom. The number of likely N-dealkylation sites (tertiary alicyclic amines) is 1. The molecule has 1 amide bonds. The molecule has 2 heterocycles. The van der Waals surface area contributed by atoms with Gasteiger partial charge in [0.1, 0.15) is 12.3 Å². The summed E-state index contributed by atoms with van der Waals surface area (Å²) < 4.78 is 7.88. The van der Waals surface area contributed by atoms with Gasteiger partial charge in [-0.1, -0.05) is 34.6 Å². The van der Waals surface area contributed by atoms with Gasteiger partial charge in [0, 0.05) is 24.2 Å². The number of thiazole rings is 1. The van der Waals surface area contributed by atoms with Crippen LogP contribution in [0.4, 0.5) is 0 Å². The molecule has 1 aromatic carbocycles. The van der Waals surface area contributed by atoms with Gasteiger partial charge in [0.25, 0.3) is 0 Å². The molecule has 35 heavy (non-hydrogen) atoms. The predicted molar refractivity (Wildman–Crippen MR) is 142 cm³/mol. The van der Waals surface area contributed by atoms with E-state index in [0.29, 0.717) is 17.0 Å². The van der Waals surface area contributed by atoms with Crippen molar-refractivity contribution in [3.05, 3.63) is 68.0 Å². The fourth-order valence-electron chi connectivity index (χ4n) is 5.39. The first-order valence-electron chi connectivity index (χ1n) is 12.4. The van der Waals surface area contributed by atoms with Crippen molar-refractivity contribution in [2.45, 2.75) is 51.1 Å². The number of nitrogens with one attached hydrogen (secondary N) is 1. The van der Waals surface area contributed by atoms with Crippen molar-refractivity contribution < 1.29 is 9.53 Å². The number of hydrogen-bond acceptors (Lipinski definition) is 5. The van der Waals surface area contributed by atoms with E-state index in [-0.39, 0.29) is 17.3 Å². The van der Waals surface area contributed by atoms with Crippen LogP contribution in [-0.2, 0) is 16.1 Å². The number of methoxy groups -OCH3 is 1. The van der Waals surface area contributed by atoms with Crippen LogP contribution >= 0.6 is 22.9 Å². The van der Waals surface area contributed by atoms with Gasteiger partial charge >= 0.3 is 4.87 Å². The smallest absolute Gasteiger partial charge is 0.308 e. The molecule has 8 heteroatoms. The number of nitrogens with zero attached hydrogens (tertiary/aromatic N) is 2. The highest BCUT2D eigenvalue weighted by Gasteiger charge is 2.26. The summed E-state index contributed by atoms with van der Waals surface area (Å²) in [4.78, 5) is 27.2. The van der Waals surface area contributed by atoms with Crippen LogP contribution in [0.1, 0.15) is 38.5 Å². The molecule has 1 aromatic heterocycles. The highest BCUT2D eigenvalue weighted by atomic mass is 35.5. The summed E-state index contributed by atoms with van der Waals surface area (Å²) in [5.74, 6) is 1.51. The van der Waals surface area contributed by atoms with Crippen LogP contribution in [0.15, 0.2) is 58.1 Å². The van der Waals surface area contributed by atoms with E-state index in [1.807, 2.05) is 11.0 Å². The number of aromatic nitrogens is 1. The highest BCUT2D eigenvalue weighted by Crippen LogP contribution is 2.32. The fraction of sp³-hybridized carbons (Fsp3) is 0.481. The number of rotatable bonds is 6. The lowest BCUT2D eigenvalue weighted by Gasteiger charge is -2.34. The molecule has 1 aliphatic heterocycles. The van der Waals surface area contributed by atoms with E-state index < -0.39 is 0 Å². The maximum absolute atomic E-state index is 13.0. The molecule has 186 valence electrons. The Morgan fingerprint density at radius 3 is 2.89 bits per heavy atom.